The third-order valence-corrected chi connectivity index (χ3v) is 4.94. The predicted octanol–water partition coefficient (Wildman–Crippen LogP) is 4.92. The minimum Gasteiger partial charge on any atom is -0.318 e. The molecule has 2 aromatic rings. The molecule has 4 heteroatoms. The zero-order valence-corrected chi connectivity index (χ0v) is 15.2. The third-order valence-electron chi connectivity index (χ3n) is 4.94. The van der Waals surface area contributed by atoms with E-state index >= 15 is 0 Å². The molecule has 0 saturated heterocycles. The molecule has 1 heterocycles. The number of aryl methyl sites for hydroxylation is 1. The number of carbonyl (C=O) groups is 1. The molecule has 1 aliphatic rings. The van der Waals surface area contributed by atoms with Gasteiger partial charge in [0.2, 0.25) is 0 Å². The number of nitrogens with zero attached hydrogens (tertiary/aromatic N) is 2. The molecule has 0 spiro atoms. The molecule has 4 nitrogen and oxygen atoms in total. The second-order valence-corrected chi connectivity index (χ2v) is 6.84. The fourth-order valence-electron chi connectivity index (χ4n) is 3.58. The van der Waals surface area contributed by atoms with Crippen LogP contribution in [0.2, 0.25) is 0 Å². The van der Waals surface area contributed by atoms with E-state index in [9.17, 15) is 4.79 Å². The molecule has 3 rings (SSSR count). The Labute approximate surface area is 149 Å². The second-order valence-electron chi connectivity index (χ2n) is 6.84. The van der Waals surface area contributed by atoms with Crippen LogP contribution >= 0.6 is 0 Å². The van der Waals surface area contributed by atoms with E-state index in [1.54, 1.807) is 0 Å². The standard InChI is InChI=1S/C21H27N3O/c1-16-15-20(17(2)24(16)19-13-9-6-10-14-19)21(25)23-22-18-11-7-4-3-5-8-12-18/h6,9-10,13-15H,3-5,7-8,11-12H2,1-2H3,(H,23,25). The summed E-state index contributed by atoms with van der Waals surface area (Å²) >= 11 is 0. The molecule has 0 aliphatic heterocycles. The lowest BCUT2D eigenvalue weighted by molar-refractivity contribution is 0.0954. The molecule has 0 atom stereocenters. The maximum atomic E-state index is 12.6. The van der Waals surface area contributed by atoms with Gasteiger partial charge in [-0.3, -0.25) is 4.79 Å². The molecule has 0 radical (unpaired) electrons. The summed E-state index contributed by atoms with van der Waals surface area (Å²) in [6, 6.07) is 12.1. The number of aromatic nitrogens is 1. The van der Waals surface area contributed by atoms with Gasteiger partial charge in [0.05, 0.1) is 5.56 Å². The normalized spacial score (nSPS) is 15.4. The smallest absolute Gasteiger partial charge is 0.273 e. The number of amides is 1. The van der Waals surface area contributed by atoms with Gasteiger partial charge in [-0.15, -0.1) is 0 Å². The van der Waals surface area contributed by atoms with Crippen LogP contribution in [0.5, 0.6) is 0 Å². The van der Waals surface area contributed by atoms with E-state index in [1.807, 2.05) is 38.1 Å². The summed E-state index contributed by atoms with van der Waals surface area (Å²) in [5.41, 5.74) is 7.67. The highest BCUT2D eigenvalue weighted by atomic mass is 16.2. The van der Waals surface area contributed by atoms with E-state index in [4.69, 9.17) is 0 Å². The van der Waals surface area contributed by atoms with Crippen LogP contribution in [0, 0.1) is 13.8 Å². The molecular weight excluding hydrogens is 310 g/mol. The molecule has 25 heavy (non-hydrogen) atoms. The van der Waals surface area contributed by atoms with Crippen molar-refractivity contribution in [3.63, 3.8) is 0 Å². The van der Waals surface area contributed by atoms with E-state index in [-0.39, 0.29) is 5.91 Å². The van der Waals surface area contributed by atoms with Crippen molar-refractivity contribution in [3.8, 4) is 5.69 Å². The van der Waals surface area contributed by atoms with Crippen LogP contribution in [0.4, 0.5) is 0 Å². The molecule has 1 aromatic carbocycles. The Balaban J connectivity index is 1.76. The maximum absolute atomic E-state index is 12.6. The topological polar surface area (TPSA) is 46.4 Å². The Morgan fingerprint density at radius 3 is 2.32 bits per heavy atom. The van der Waals surface area contributed by atoms with Crippen molar-refractivity contribution in [1.82, 2.24) is 9.99 Å². The highest BCUT2D eigenvalue weighted by Gasteiger charge is 2.16. The van der Waals surface area contributed by atoms with Gasteiger partial charge in [0.1, 0.15) is 0 Å². The molecule has 0 bridgehead atoms. The largest absolute Gasteiger partial charge is 0.318 e. The number of para-hydroxylation sites is 1. The van der Waals surface area contributed by atoms with Crippen LogP contribution in [-0.2, 0) is 0 Å². The van der Waals surface area contributed by atoms with E-state index in [0.717, 1.165) is 35.6 Å². The van der Waals surface area contributed by atoms with Crippen LogP contribution in [0.15, 0.2) is 41.5 Å². The lowest BCUT2D eigenvalue weighted by atomic mass is 9.99. The third kappa shape index (κ3) is 4.19. The first-order valence-electron chi connectivity index (χ1n) is 9.27. The van der Waals surface area contributed by atoms with Gasteiger partial charge >= 0.3 is 0 Å². The minimum absolute atomic E-state index is 0.121. The van der Waals surface area contributed by atoms with Crippen LogP contribution in [-0.4, -0.2) is 16.2 Å². The Morgan fingerprint density at radius 1 is 1.00 bits per heavy atom. The first-order chi connectivity index (χ1) is 12.2. The number of nitrogens with one attached hydrogen (secondary N) is 1. The van der Waals surface area contributed by atoms with Crippen LogP contribution in [0.3, 0.4) is 0 Å². The maximum Gasteiger partial charge on any atom is 0.273 e. The molecule has 1 fully saturated rings. The first-order valence-corrected chi connectivity index (χ1v) is 9.27. The van der Waals surface area contributed by atoms with Crippen molar-refractivity contribution in [2.45, 2.75) is 58.8 Å². The molecule has 1 aromatic heterocycles. The average Bonchev–Trinajstić information content (AvgIpc) is 2.89. The van der Waals surface area contributed by atoms with E-state index in [0.29, 0.717) is 5.56 Å². The van der Waals surface area contributed by atoms with Gasteiger partial charge in [-0.1, -0.05) is 37.5 Å². The van der Waals surface area contributed by atoms with E-state index < -0.39 is 0 Å². The van der Waals surface area contributed by atoms with Crippen LogP contribution in [0.1, 0.15) is 66.7 Å². The lowest BCUT2D eigenvalue weighted by Gasteiger charge is -2.11. The number of benzene rings is 1. The zero-order valence-electron chi connectivity index (χ0n) is 15.2. The minimum atomic E-state index is -0.121. The Bertz CT molecular complexity index is 749. The molecule has 1 aliphatic carbocycles. The van der Waals surface area contributed by atoms with Gasteiger partial charge in [0, 0.05) is 22.8 Å². The molecule has 132 valence electrons. The van der Waals surface area contributed by atoms with Crippen molar-refractivity contribution >= 4 is 11.6 Å². The van der Waals surface area contributed by atoms with Gasteiger partial charge in [-0.05, 0) is 57.7 Å². The zero-order chi connectivity index (χ0) is 17.6. The molecule has 1 amide bonds. The number of hydrogen-bond donors (Lipinski definition) is 1. The summed E-state index contributed by atoms with van der Waals surface area (Å²) in [4.78, 5) is 12.6. The average molecular weight is 337 g/mol. The molecule has 1 saturated carbocycles. The number of rotatable bonds is 3. The van der Waals surface area contributed by atoms with Gasteiger partial charge in [0.25, 0.3) is 5.91 Å². The summed E-state index contributed by atoms with van der Waals surface area (Å²) in [5.74, 6) is -0.121. The lowest BCUT2D eigenvalue weighted by Crippen LogP contribution is -2.20. The molecule has 1 N–H and O–H groups in total. The van der Waals surface area contributed by atoms with E-state index in [2.05, 4.69) is 27.2 Å². The van der Waals surface area contributed by atoms with Crippen molar-refractivity contribution < 1.29 is 4.79 Å². The summed E-state index contributed by atoms with van der Waals surface area (Å²) in [7, 11) is 0. The van der Waals surface area contributed by atoms with Crippen molar-refractivity contribution in [3.05, 3.63) is 53.3 Å². The second kappa shape index (κ2) is 8.15. The Hall–Kier alpha value is -2.36. The van der Waals surface area contributed by atoms with Gasteiger partial charge in [0.15, 0.2) is 0 Å². The highest BCUT2D eigenvalue weighted by molar-refractivity contribution is 5.97. The summed E-state index contributed by atoms with van der Waals surface area (Å²) in [5, 5.41) is 4.42. The molecule has 0 unspecified atom stereocenters. The van der Waals surface area contributed by atoms with Crippen LogP contribution in [0.25, 0.3) is 5.69 Å². The van der Waals surface area contributed by atoms with Crippen LogP contribution < -0.4 is 5.43 Å². The summed E-state index contributed by atoms with van der Waals surface area (Å²) in [6.45, 7) is 4.01. The number of hydrogen-bond acceptors (Lipinski definition) is 2. The summed E-state index contributed by atoms with van der Waals surface area (Å²) < 4.78 is 2.11. The first kappa shape index (κ1) is 17.5. The molecular formula is C21H27N3O. The quantitative estimate of drug-likeness (QED) is 0.794. The Morgan fingerprint density at radius 2 is 1.64 bits per heavy atom. The van der Waals surface area contributed by atoms with E-state index in [1.165, 1.54) is 32.1 Å². The highest BCUT2D eigenvalue weighted by Crippen LogP contribution is 2.21. The van der Waals surface area contributed by atoms with Gasteiger partial charge in [-0.2, -0.15) is 5.10 Å². The predicted molar refractivity (Wildman–Crippen MR) is 102 cm³/mol. The summed E-state index contributed by atoms with van der Waals surface area (Å²) in [6.07, 6.45) is 8.22. The Kier molecular flexibility index (Phi) is 5.69. The fourth-order valence-corrected chi connectivity index (χ4v) is 3.58. The van der Waals surface area contributed by atoms with Crippen molar-refractivity contribution in [1.29, 1.82) is 0 Å². The number of carbonyl (C=O) groups excluding carboxylic acids is 1. The van der Waals surface area contributed by atoms with Gasteiger partial charge < -0.3 is 4.57 Å². The SMILES string of the molecule is Cc1cc(C(=O)NN=C2CCCCCCC2)c(C)n1-c1ccccc1. The fraction of sp³-hybridized carbons (Fsp3) is 0.429. The van der Waals surface area contributed by atoms with Crippen molar-refractivity contribution in [2.24, 2.45) is 5.10 Å². The number of hydrazone groups is 1. The van der Waals surface area contributed by atoms with Gasteiger partial charge in [-0.25, -0.2) is 5.43 Å². The van der Waals surface area contributed by atoms with Crippen molar-refractivity contribution in [2.75, 3.05) is 0 Å². The monoisotopic (exact) mass is 337 g/mol.